The molecule has 27 heavy (non-hydrogen) atoms. The van der Waals surface area contributed by atoms with Gasteiger partial charge in [-0.05, 0) is 57.2 Å². The number of aromatic nitrogens is 3. The molecule has 0 radical (unpaired) electrons. The van der Waals surface area contributed by atoms with Crippen LogP contribution in [0.15, 0.2) is 29.4 Å². The number of piperidine rings is 1. The molecular formula is C19H24ClN5OS. The number of carbonyl (C=O) groups excluding carboxylic acids is 1. The van der Waals surface area contributed by atoms with Crippen LogP contribution in [0, 0.1) is 0 Å². The number of thioether (sulfide) groups is 1. The molecule has 2 heterocycles. The molecule has 1 aromatic carbocycles. The van der Waals surface area contributed by atoms with Gasteiger partial charge in [0, 0.05) is 29.8 Å². The van der Waals surface area contributed by atoms with Crippen molar-refractivity contribution >= 4 is 40.9 Å². The zero-order valence-electron chi connectivity index (χ0n) is 15.4. The van der Waals surface area contributed by atoms with Crippen molar-refractivity contribution in [1.82, 2.24) is 14.8 Å². The van der Waals surface area contributed by atoms with Crippen molar-refractivity contribution in [3.05, 3.63) is 29.3 Å². The summed E-state index contributed by atoms with van der Waals surface area (Å²) in [5.41, 5.74) is 0.706. The van der Waals surface area contributed by atoms with Gasteiger partial charge in [-0.1, -0.05) is 29.4 Å². The molecule has 1 unspecified atom stereocenters. The summed E-state index contributed by atoms with van der Waals surface area (Å²) in [4.78, 5) is 14.9. The summed E-state index contributed by atoms with van der Waals surface area (Å²) in [6, 6.07) is 7.67. The van der Waals surface area contributed by atoms with E-state index in [1.165, 1.54) is 31.0 Å². The Labute approximate surface area is 168 Å². The summed E-state index contributed by atoms with van der Waals surface area (Å²) in [6.45, 7) is 3.98. The topological polar surface area (TPSA) is 63.1 Å². The SMILES string of the molecule is CC(Sc1nnc(N2CCCCC2)n1C1CC1)C(=O)Nc1cccc(Cl)c1. The third-order valence-electron chi connectivity index (χ3n) is 4.94. The highest BCUT2D eigenvalue weighted by Crippen LogP contribution is 2.42. The van der Waals surface area contributed by atoms with Gasteiger partial charge >= 0.3 is 0 Å². The van der Waals surface area contributed by atoms with Crippen molar-refractivity contribution in [2.45, 2.75) is 55.5 Å². The molecule has 4 rings (SSSR count). The first-order valence-corrected chi connectivity index (χ1v) is 10.8. The molecular weight excluding hydrogens is 382 g/mol. The first-order valence-electron chi connectivity index (χ1n) is 9.55. The molecule has 1 atom stereocenters. The van der Waals surface area contributed by atoms with Crippen LogP contribution in [0.1, 0.15) is 45.1 Å². The molecule has 1 aliphatic carbocycles. The van der Waals surface area contributed by atoms with Gasteiger partial charge in [-0.15, -0.1) is 10.2 Å². The molecule has 2 aliphatic rings. The monoisotopic (exact) mass is 405 g/mol. The second-order valence-corrected chi connectivity index (χ2v) is 8.94. The lowest BCUT2D eigenvalue weighted by molar-refractivity contribution is -0.115. The van der Waals surface area contributed by atoms with E-state index in [-0.39, 0.29) is 11.2 Å². The minimum absolute atomic E-state index is 0.0628. The maximum atomic E-state index is 12.6. The van der Waals surface area contributed by atoms with Gasteiger partial charge in [0.1, 0.15) is 0 Å². The summed E-state index contributed by atoms with van der Waals surface area (Å²) >= 11 is 7.47. The van der Waals surface area contributed by atoms with Crippen LogP contribution < -0.4 is 10.2 Å². The van der Waals surface area contributed by atoms with Gasteiger partial charge in [0.15, 0.2) is 5.16 Å². The molecule has 1 aliphatic heterocycles. The smallest absolute Gasteiger partial charge is 0.237 e. The van der Waals surface area contributed by atoms with E-state index in [1.54, 1.807) is 12.1 Å². The lowest BCUT2D eigenvalue weighted by Gasteiger charge is -2.28. The minimum Gasteiger partial charge on any atom is -0.341 e. The van der Waals surface area contributed by atoms with Crippen LogP contribution >= 0.6 is 23.4 Å². The predicted molar refractivity (Wildman–Crippen MR) is 110 cm³/mol. The average Bonchev–Trinajstić information content (AvgIpc) is 3.42. The highest BCUT2D eigenvalue weighted by Gasteiger charge is 2.33. The molecule has 0 bridgehead atoms. The van der Waals surface area contributed by atoms with E-state index in [1.807, 2.05) is 19.1 Å². The van der Waals surface area contributed by atoms with Crippen LogP contribution in [0.5, 0.6) is 0 Å². The molecule has 2 aromatic rings. The first kappa shape index (κ1) is 18.6. The number of nitrogens with zero attached hydrogens (tertiary/aromatic N) is 4. The van der Waals surface area contributed by atoms with Gasteiger partial charge in [0.25, 0.3) is 0 Å². The van der Waals surface area contributed by atoms with Gasteiger partial charge in [0.2, 0.25) is 11.9 Å². The maximum Gasteiger partial charge on any atom is 0.237 e. The Balaban J connectivity index is 1.46. The lowest BCUT2D eigenvalue weighted by Crippen LogP contribution is -2.32. The van der Waals surface area contributed by atoms with E-state index < -0.39 is 0 Å². The summed E-state index contributed by atoms with van der Waals surface area (Å²) in [5, 5.41) is 13.0. The van der Waals surface area contributed by atoms with Crippen molar-refractivity contribution in [1.29, 1.82) is 0 Å². The van der Waals surface area contributed by atoms with E-state index in [4.69, 9.17) is 11.6 Å². The molecule has 0 spiro atoms. The maximum absolute atomic E-state index is 12.6. The number of nitrogens with one attached hydrogen (secondary N) is 1. The molecule has 144 valence electrons. The highest BCUT2D eigenvalue weighted by atomic mass is 35.5. The quantitative estimate of drug-likeness (QED) is 0.722. The predicted octanol–water partition coefficient (Wildman–Crippen LogP) is 4.38. The molecule has 1 N–H and O–H groups in total. The molecule has 1 amide bonds. The summed E-state index contributed by atoms with van der Waals surface area (Å²) in [7, 11) is 0. The second-order valence-electron chi connectivity index (χ2n) is 7.19. The fourth-order valence-corrected chi connectivity index (χ4v) is 4.44. The van der Waals surface area contributed by atoms with E-state index in [9.17, 15) is 4.79 Å². The third-order valence-corrected chi connectivity index (χ3v) is 6.23. The van der Waals surface area contributed by atoms with Crippen LogP contribution in [0.2, 0.25) is 5.02 Å². The Morgan fingerprint density at radius 1 is 1.26 bits per heavy atom. The number of carbonyl (C=O) groups is 1. The largest absolute Gasteiger partial charge is 0.341 e. The van der Waals surface area contributed by atoms with E-state index in [0.29, 0.717) is 16.8 Å². The third kappa shape index (κ3) is 4.41. The number of hydrogen-bond acceptors (Lipinski definition) is 5. The van der Waals surface area contributed by atoms with Crippen LogP contribution in [0.3, 0.4) is 0 Å². The Kier molecular flexibility index (Phi) is 5.59. The van der Waals surface area contributed by atoms with Crippen molar-refractivity contribution in [2.75, 3.05) is 23.3 Å². The van der Waals surface area contributed by atoms with E-state index in [0.717, 1.165) is 37.0 Å². The Bertz CT molecular complexity index is 816. The van der Waals surface area contributed by atoms with Crippen molar-refractivity contribution < 1.29 is 4.79 Å². The van der Waals surface area contributed by atoms with Gasteiger partial charge in [0.05, 0.1) is 5.25 Å². The Hall–Kier alpha value is -1.73. The van der Waals surface area contributed by atoms with Crippen molar-refractivity contribution in [3.63, 3.8) is 0 Å². The summed E-state index contributed by atoms with van der Waals surface area (Å²) in [6.07, 6.45) is 6.03. The van der Waals surface area contributed by atoms with Gasteiger partial charge < -0.3 is 10.2 Å². The van der Waals surface area contributed by atoms with Crippen LogP contribution in [0.25, 0.3) is 0 Å². The first-order chi connectivity index (χ1) is 13.1. The zero-order valence-corrected chi connectivity index (χ0v) is 17.0. The molecule has 6 nitrogen and oxygen atoms in total. The molecule has 1 saturated heterocycles. The number of rotatable bonds is 6. The molecule has 1 saturated carbocycles. The van der Waals surface area contributed by atoms with Crippen LogP contribution in [-0.2, 0) is 4.79 Å². The molecule has 2 fully saturated rings. The lowest BCUT2D eigenvalue weighted by atomic mass is 10.1. The summed E-state index contributed by atoms with van der Waals surface area (Å²) in [5.74, 6) is 0.911. The molecule has 1 aromatic heterocycles. The van der Waals surface area contributed by atoms with Gasteiger partial charge in [-0.2, -0.15) is 0 Å². The van der Waals surface area contributed by atoms with E-state index in [2.05, 4.69) is 25.0 Å². The number of halogens is 1. The number of anilines is 2. The highest BCUT2D eigenvalue weighted by molar-refractivity contribution is 8.00. The van der Waals surface area contributed by atoms with E-state index >= 15 is 0 Å². The normalized spacial score (nSPS) is 18.4. The standard InChI is InChI=1S/C19H24ClN5OS/c1-13(17(26)21-15-7-5-6-14(20)12-15)27-19-23-22-18(25(19)16-8-9-16)24-10-3-2-4-11-24/h5-7,12-13,16H,2-4,8-11H2,1H3,(H,21,26). The fraction of sp³-hybridized carbons (Fsp3) is 0.526. The summed E-state index contributed by atoms with van der Waals surface area (Å²) < 4.78 is 2.25. The fourth-order valence-electron chi connectivity index (χ4n) is 3.33. The Morgan fingerprint density at radius 3 is 2.74 bits per heavy atom. The molecule has 8 heteroatoms. The van der Waals surface area contributed by atoms with Crippen LogP contribution in [0.4, 0.5) is 11.6 Å². The number of amides is 1. The average molecular weight is 406 g/mol. The number of hydrogen-bond donors (Lipinski definition) is 1. The van der Waals surface area contributed by atoms with Gasteiger partial charge in [-0.25, -0.2) is 0 Å². The van der Waals surface area contributed by atoms with Crippen molar-refractivity contribution in [3.8, 4) is 0 Å². The van der Waals surface area contributed by atoms with Gasteiger partial charge in [-0.3, -0.25) is 9.36 Å². The van der Waals surface area contributed by atoms with Crippen molar-refractivity contribution in [2.24, 2.45) is 0 Å². The van der Waals surface area contributed by atoms with Crippen LogP contribution in [-0.4, -0.2) is 39.0 Å². The minimum atomic E-state index is -0.278. The zero-order chi connectivity index (χ0) is 18.8. The Morgan fingerprint density at radius 2 is 2.04 bits per heavy atom. The second kappa shape index (κ2) is 8.10. The number of benzene rings is 1.